The van der Waals surface area contributed by atoms with Crippen molar-refractivity contribution in [3.8, 4) is 0 Å². The van der Waals surface area contributed by atoms with Gasteiger partial charge in [-0.15, -0.1) is 0 Å². The lowest BCUT2D eigenvalue weighted by Gasteiger charge is -2.26. The van der Waals surface area contributed by atoms with Crippen LogP contribution in [0.1, 0.15) is 38.2 Å². The second-order valence-corrected chi connectivity index (χ2v) is 7.05. The lowest BCUT2D eigenvalue weighted by atomic mass is 9.88. The molecule has 0 bridgehead atoms. The van der Waals surface area contributed by atoms with E-state index < -0.39 is 16.4 Å². The molecule has 1 aliphatic carbocycles. The summed E-state index contributed by atoms with van der Waals surface area (Å²) in [5, 5.41) is 2.42. The first-order valence-electron chi connectivity index (χ1n) is 7.48. The monoisotopic (exact) mass is 326 g/mol. The second-order valence-electron chi connectivity index (χ2n) is 5.74. The lowest BCUT2D eigenvalue weighted by Crippen LogP contribution is -2.40. The van der Waals surface area contributed by atoms with Crippen molar-refractivity contribution in [2.45, 2.75) is 45.2 Å². The molecule has 1 aliphatic rings. The van der Waals surface area contributed by atoms with Crippen LogP contribution in [0.5, 0.6) is 0 Å². The molecule has 1 aromatic carbocycles. The maximum absolute atomic E-state index is 11.8. The van der Waals surface area contributed by atoms with Gasteiger partial charge in [0, 0.05) is 12.6 Å². The van der Waals surface area contributed by atoms with Crippen LogP contribution in [-0.2, 0) is 21.0 Å². The average Bonchev–Trinajstić information content (AvgIpc) is 2.48. The molecule has 1 saturated carbocycles. The lowest BCUT2D eigenvalue weighted by molar-refractivity contribution is 0.200. The maximum Gasteiger partial charge on any atom is 0.423 e. The molecule has 122 valence electrons. The number of hydrogen-bond acceptors (Lipinski definition) is 4. The van der Waals surface area contributed by atoms with Crippen LogP contribution in [0.25, 0.3) is 0 Å². The topological polar surface area (TPSA) is 84.5 Å². The normalized spacial score (nSPS) is 22.0. The summed E-state index contributed by atoms with van der Waals surface area (Å²) in [4.78, 5) is 11.6. The molecule has 1 fully saturated rings. The summed E-state index contributed by atoms with van der Waals surface area (Å²) in [5.74, 6) is 0.621. The summed E-state index contributed by atoms with van der Waals surface area (Å²) in [5.41, 5.74) is 0.867. The molecule has 2 rings (SSSR count). The van der Waals surface area contributed by atoms with E-state index in [1.165, 1.54) is 0 Å². The SMILES string of the molecule is CC1CCC(NS(=O)(=O)OC(=O)NCc2ccccc2)CC1. The highest BCUT2D eigenvalue weighted by Gasteiger charge is 2.25. The first kappa shape index (κ1) is 16.8. The Balaban J connectivity index is 1.77. The number of amides is 1. The molecule has 0 saturated heterocycles. The van der Waals surface area contributed by atoms with Crippen LogP contribution in [0.15, 0.2) is 30.3 Å². The van der Waals surface area contributed by atoms with E-state index in [2.05, 4.69) is 21.1 Å². The summed E-state index contributed by atoms with van der Waals surface area (Å²) >= 11 is 0. The van der Waals surface area contributed by atoms with Gasteiger partial charge in [0.15, 0.2) is 0 Å². The Labute approximate surface area is 131 Å². The van der Waals surface area contributed by atoms with Crippen LogP contribution in [0.2, 0.25) is 0 Å². The number of benzene rings is 1. The Morgan fingerprint density at radius 3 is 2.45 bits per heavy atom. The zero-order valence-electron chi connectivity index (χ0n) is 12.6. The fourth-order valence-electron chi connectivity index (χ4n) is 2.51. The highest BCUT2D eigenvalue weighted by molar-refractivity contribution is 7.85. The Morgan fingerprint density at radius 1 is 1.18 bits per heavy atom. The molecular weight excluding hydrogens is 304 g/mol. The predicted molar refractivity (Wildman–Crippen MR) is 83.2 cm³/mol. The summed E-state index contributed by atoms with van der Waals surface area (Å²) in [7, 11) is -4.06. The highest BCUT2D eigenvalue weighted by Crippen LogP contribution is 2.23. The molecule has 1 amide bonds. The molecule has 7 heteroatoms. The first-order chi connectivity index (χ1) is 10.4. The Hall–Kier alpha value is -1.60. The van der Waals surface area contributed by atoms with Gasteiger partial charge in [0.1, 0.15) is 0 Å². The third-order valence-corrected chi connectivity index (χ3v) is 4.78. The maximum atomic E-state index is 11.8. The van der Waals surface area contributed by atoms with Crippen LogP contribution in [0.3, 0.4) is 0 Å². The average molecular weight is 326 g/mol. The van der Waals surface area contributed by atoms with Gasteiger partial charge in [-0.1, -0.05) is 37.3 Å². The van der Waals surface area contributed by atoms with Gasteiger partial charge in [-0.3, -0.25) is 0 Å². The van der Waals surface area contributed by atoms with Crippen molar-refractivity contribution in [1.29, 1.82) is 0 Å². The van der Waals surface area contributed by atoms with Gasteiger partial charge in [-0.2, -0.15) is 13.1 Å². The summed E-state index contributed by atoms with van der Waals surface area (Å²) in [6, 6.07) is 9.05. The summed E-state index contributed by atoms with van der Waals surface area (Å²) in [6.07, 6.45) is 2.53. The van der Waals surface area contributed by atoms with Gasteiger partial charge in [-0.25, -0.2) is 4.79 Å². The van der Waals surface area contributed by atoms with Gasteiger partial charge >= 0.3 is 16.4 Å². The zero-order valence-corrected chi connectivity index (χ0v) is 13.4. The number of carbonyl (C=O) groups is 1. The number of carbonyl (C=O) groups excluding carboxylic acids is 1. The third kappa shape index (κ3) is 5.65. The first-order valence-corrected chi connectivity index (χ1v) is 8.89. The van der Waals surface area contributed by atoms with Gasteiger partial charge in [0.05, 0.1) is 0 Å². The Kier molecular flexibility index (Phi) is 5.79. The number of hydrogen-bond donors (Lipinski definition) is 2. The largest absolute Gasteiger partial charge is 0.423 e. The zero-order chi connectivity index (χ0) is 16.0. The van der Waals surface area contributed by atoms with Crippen molar-refractivity contribution < 1.29 is 17.4 Å². The Bertz CT molecular complexity index is 581. The van der Waals surface area contributed by atoms with Crippen molar-refractivity contribution in [3.05, 3.63) is 35.9 Å². The van der Waals surface area contributed by atoms with Crippen LogP contribution in [-0.4, -0.2) is 20.6 Å². The minimum Gasteiger partial charge on any atom is -0.316 e. The minimum atomic E-state index is -4.06. The van der Waals surface area contributed by atoms with Crippen LogP contribution in [0.4, 0.5) is 4.79 Å². The molecule has 0 aromatic heterocycles. The molecule has 0 aliphatic heterocycles. The van der Waals surface area contributed by atoms with Crippen LogP contribution in [0, 0.1) is 5.92 Å². The Morgan fingerprint density at radius 2 is 1.82 bits per heavy atom. The fourth-order valence-corrected chi connectivity index (χ4v) is 3.46. The van der Waals surface area contributed by atoms with Crippen molar-refractivity contribution >= 4 is 16.4 Å². The molecule has 0 spiro atoms. The third-order valence-electron chi connectivity index (χ3n) is 3.79. The summed E-state index contributed by atoms with van der Waals surface area (Å²) in [6.45, 7) is 2.37. The van der Waals surface area contributed by atoms with Crippen molar-refractivity contribution in [1.82, 2.24) is 10.0 Å². The summed E-state index contributed by atoms with van der Waals surface area (Å²) < 4.78 is 30.5. The minimum absolute atomic E-state index is 0.150. The molecular formula is C15H22N2O4S. The smallest absolute Gasteiger partial charge is 0.316 e. The van der Waals surface area contributed by atoms with Crippen LogP contribution >= 0.6 is 0 Å². The van der Waals surface area contributed by atoms with E-state index in [-0.39, 0.29) is 12.6 Å². The molecule has 0 unspecified atom stereocenters. The quantitative estimate of drug-likeness (QED) is 0.870. The van der Waals surface area contributed by atoms with E-state index in [9.17, 15) is 13.2 Å². The van der Waals surface area contributed by atoms with E-state index in [1.54, 1.807) is 0 Å². The predicted octanol–water partition coefficient (Wildman–Crippen LogP) is 2.33. The van der Waals surface area contributed by atoms with Gasteiger partial charge in [-0.05, 0) is 37.2 Å². The number of rotatable bonds is 5. The van der Waals surface area contributed by atoms with E-state index in [1.807, 2.05) is 30.3 Å². The fraction of sp³-hybridized carbons (Fsp3) is 0.533. The molecule has 1 aromatic rings. The molecule has 0 radical (unpaired) electrons. The second kappa shape index (κ2) is 7.60. The van der Waals surface area contributed by atoms with E-state index in [0.29, 0.717) is 5.92 Å². The molecule has 22 heavy (non-hydrogen) atoms. The van der Waals surface area contributed by atoms with E-state index >= 15 is 0 Å². The van der Waals surface area contributed by atoms with Gasteiger partial charge in [0.2, 0.25) is 0 Å². The molecule has 0 atom stereocenters. The van der Waals surface area contributed by atoms with Gasteiger partial charge in [0.25, 0.3) is 0 Å². The molecule has 6 nitrogen and oxygen atoms in total. The highest BCUT2D eigenvalue weighted by atomic mass is 32.2. The van der Waals surface area contributed by atoms with Crippen LogP contribution < -0.4 is 10.0 Å². The van der Waals surface area contributed by atoms with Crippen molar-refractivity contribution in [2.75, 3.05) is 0 Å². The standard InChI is InChI=1S/C15H22N2O4S/c1-12-7-9-14(10-8-12)17-22(19,20)21-15(18)16-11-13-5-3-2-4-6-13/h2-6,12,14,17H,7-11H2,1H3,(H,16,18). The number of nitrogens with one attached hydrogen (secondary N) is 2. The van der Waals surface area contributed by atoms with Gasteiger partial charge < -0.3 is 9.50 Å². The van der Waals surface area contributed by atoms with Crippen molar-refractivity contribution in [2.24, 2.45) is 5.92 Å². The van der Waals surface area contributed by atoms with Crippen molar-refractivity contribution in [3.63, 3.8) is 0 Å². The molecule has 0 heterocycles. The molecule has 2 N–H and O–H groups in total. The van der Waals surface area contributed by atoms with E-state index in [4.69, 9.17) is 0 Å². The van der Waals surface area contributed by atoms with E-state index in [0.717, 1.165) is 31.2 Å².